The molecular formula is C27H32BrN7O3. The summed E-state index contributed by atoms with van der Waals surface area (Å²) in [5.74, 6) is -0.0139. The number of rotatable bonds is 9. The van der Waals surface area contributed by atoms with E-state index >= 15 is 0 Å². The number of aliphatic hydroxyl groups is 2. The van der Waals surface area contributed by atoms with Gasteiger partial charge in [0.15, 0.2) is 11.8 Å². The molecule has 200 valence electrons. The van der Waals surface area contributed by atoms with E-state index in [2.05, 4.69) is 50.4 Å². The first-order valence-corrected chi connectivity index (χ1v) is 13.4. The second-order valence-electron chi connectivity index (χ2n) is 10.4. The molecule has 0 spiro atoms. The fourth-order valence-corrected chi connectivity index (χ4v) is 5.45. The number of aromatic nitrogens is 4. The molecule has 4 aromatic rings. The first kappa shape index (κ1) is 26.5. The number of carbonyl (C=O) groups excluding carboxylic acids is 1. The lowest BCUT2D eigenvalue weighted by molar-refractivity contribution is -0.141. The van der Waals surface area contributed by atoms with Crippen LogP contribution in [0.5, 0.6) is 0 Å². The van der Waals surface area contributed by atoms with Gasteiger partial charge in [-0.15, -0.1) is 0 Å². The maximum absolute atomic E-state index is 12.2. The van der Waals surface area contributed by atoms with E-state index in [1.54, 1.807) is 17.8 Å². The van der Waals surface area contributed by atoms with E-state index in [-0.39, 0.29) is 11.5 Å². The Morgan fingerprint density at radius 3 is 2.79 bits per heavy atom. The number of amides is 1. The number of fused-ring (bicyclic) bond motifs is 2. The molecule has 10 nitrogen and oxygen atoms in total. The number of carbonyl (C=O) groups is 1. The summed E-state index contributed by atoms with van der Waals surface area (Å²) >= 11 is 3.62. The van der Waals surface area contributed by atoms with Crippen molar-refractivity contribution in [3.63, 3.8) is 0 Å². The Kier molecular flexibility index (Phi) is 7.12. The number of pyridine rings is 1. The number of benzene rings is 1. The van der Waals surface area contributed by atoms with Crippen LogP contribution >= 0.6 is 15.9 Å². The highest BCUT2D eigenvalue weighted by Gasteiger charge is 2.44. The Hall–Kier alpha value is -3.12. The van der Waals surface area contributed by atoms with Gasteiger partial charge in [0.05, 0.1) is 28.5 Å². The number of aliphatic hydroxyl groups excluding tert-OH is 2. The minimum Gasteiger partial charge on any atom is -0.393 e. The molecule has 1 aliphatic carbocycles. The van der Waals surface area contributed by atoms with Crippen molar-refractivity contribution >= 4 is 44.2 Å². The fraction of sp³-hybridized carbons (Fsp3) is 0.407. The van der Waals surface area contributed by atoms with Gasteiger partial charge in [0, 0.05) is 54.3 Å². The average molecular weight is 583 g/mol. The summed E-state index contributed by atoms with van der Waals surface area (Å²) in [5, 5.41) is 27.9. The molecular weight excluding hydrogens is 550 g/mol. The predicted octanol–water partition coefficient (Wildman–Crippen LogP) is 2.84. The third kappa shape index (κ3) is 4.98. The fourth-order valence-electron chi connectivity index (χ4n) is 4.85. The molecule has 1 amide bonds. The van der Waals surface area contributed by atoms with Crippen molar-refractivity contribution in [3.8, 4) is 11.1 Å². The zero-order valence-corrected chi connectivity index (χ0v) is 23.2. The van der Waals surface area contributed by atoms with Gasteiger partial charge >= 0.3 is 0 Å². The highest BCUT2D eigenvalue weighted by Crippen LogP contribution is 2.46. The predicted molar refractivity (Wildman–Crippen MR) is 149 cm³/mol. The standard InChI is InChI=1S/C27H32BrN7O3/c1-15-4-5-20-17(8-15)9-18(10-30-20)19-11-32-35-24(29)22(28)23(33-25(19)35)16(2)31-13-27(6-7-27)14-34(3)26(38)21(37)12-36/h4-5,8-11,16,21,31,36-37H,6-7,12-14,29H2,1-3H3/t16?,21-/m1/s1. The van der Waals surface area contributed by atoms with Crippen LogP contribution in [-0.4, -0.2) is 73.5 Å². The van der Waals surface area contributed by atoms with Gasteiger partial charge in [0.2, 0.25) is 0 Å². The van der Waals surface area contributed by atoms with Crippen molar-refractivity contribution in [3.05, 3.63) is 52.4 Å². The van der Waals surface area contributed by atoms with E-state index in [0.717, 1.165) is 40.6 Å². The Balaban J connectivity index is 1.39. The van der Waals surface area contributed by atoms with Crippen LogP contribution in [0.2, 0.25) is 0 Å². The first-order chi connectivity index (χ1) is 18.1. The smallest absolute Gasteiger partial charge is 0.253 e. The minimum atomic E-state index is -1.38. The summed E-state index contributed by atoms with van der Waals surface area (Å²) in [6.45, 7) is 4.67. The maximum Gasteiger partial charge on any atom is 0.253 e. The lowest BCUT2D eigenvalue weighted by atomic mass is 10.1. The Morgan fingerprint density at radius 2 is 2.08 bits per heavy atom. The zero-order valence-electron chi connectivity index (χ0n) is 21.6. The van der Waals surface area contributed by atoms with E-state index in [4.69, 9.17) is 15.8 Å². The maximum atomic E-state index is 12.2. The van der Waals surface area contributed by atoms with E-state index in [1.807, 2.05) is 25.3 Å². The van der Waals surface area contributed by atoms with E-state index in [9.17, 15) is 9.90 Å². The molecule has 1 aliphatic rings. The SMILES string of the molecule is Cc1ccc2ncc(-c3cnn4c(N)c(Br)c(C(C)NCC5(CN(C)C(=O)[C@H](O)CO)CC5)nc34)cc2c1. The monoisotopic (exact) mass is 581 g/mol. The van der Waals surface area contributed by atoms with Gasteiger partial charge in [-0.1, -0.05) is 11.6 Å². The summed E-state index contributed by atoms with van der Waals surface area (Å²) in [7, 11) is 1.65. The van der Waals surface area contributed by atoms with Crippen molar-refractivity contribution in [2.75, 3.05) is 32.5 Å². The van der Waals surface area contributed by atoms with Gasteiger partial charge < -0.3 is 26.2 Å². The molecule has 1 aromatic carbocycles. The van der Waals surface area contributed by atoms with Crippen LogP contribution in [0, 0.1) is 12.3 Å². The number of nitrogen functional groups attached to an aromatic ring is 1. The summed E-state index contributed by atoms with van der Waals surface area (Å²) in [6, 6.07) is 8.12. The Labute approximate surface area is 229 Å². The molecule has 3 heterocycles. The lowest BCUT2D eigenvalue weighted by Gasteiger charge is -2.27. The summed E-state index contributed by atoms with van der Waals surface area (Å²) in [6.07, 6.45) is 4.15. The van der Waals surface area contributed by atoms with E-state index in [0.29, 0.717) is 29.0 Å². The topological polar surface area (TPSA) is 142 Å². The quantitative estimate of drug-likeness (QED) is 0.236. The Morgan fingerprint density at radius 1 is 1.32 bits per heavy atom. The highest BCUT2D eigenvalue weighted by molar-refractivity contribution is 9.10. The number of nitrogens with zero attached hydrogens (tertiary/aromatic N) is 5. The number of hydrogen-bond donors (Lipinski definition) is 4. The van der Waals surface area contributed by atoms with Crippen molar-refractivity contribution in [1.29, 1.82) is 0 Å². The molecule has 0 aliphatic heterocycles. The van der Waals surface area contributed by atoms with Crippen molar-refractivity contribution in [2.45, 2.75) is 38.8 Å². The Bertz CT molecular complexity index is 1520. The van der Waals surface area contributed by atoms with Crippen molar-refractivity contribution in [2.24, 2.45) is 5.41 Å². The van der Waals surface area contributed by atoms with Crippen LogP contribution in [0.1, 0.15) is 37.1 Å². The van der Waals surface area contributed by atoms with Crippen LogP contribution in [0.15, 0.2) is 41.1 Å². The van der Waals surface area contributed by atoms with Crippen LogP contribution in [0.25, 0.3) is 27.7 Å². The first-order valence-electron chi connectivity index (χ1n) is 12.6. The third-order valence-electron chi connectivity index (χ3n) is 7.35. The molecule has 38 heavy (non-hydrogen) atoms. The molecule has 5 rings (SSSR count). The summed E-state index contributed by atoms with van der Waals surface area (Å²) in [5.41, 5.74) is 11.7. The second-order valence-corrected chi connectivity index (χ2v) is 11.2. The molecule has 1 unspecified atom stereocenters. The van der Waals surface area contributed by atoms with Gasteiger partial charge in [-0.25, -0.2) is 4.98 Å². The van der Waals surface area contributed by atoms with E-state index in [1.165, 1.54) is 10.5 Å². The summed E-state index contributed by atoms with van der Waals surface area (Å²) < 4.78 is 2.31. The molecule has 2 atom stereocenters. The zero-order chi connectivity index (χ0) is 27.2. The molecule has 1 fully saturated rings. The molecule has 5 N–H and O–H groups in total. The minimum absolute atomic E-state index is 0.0767. The number of aryl methyl sites for hydroxylation is 1. The molecule has 0 radical (unpaired) electrons. The van der Waals surface area contributed by atoms with Gasteiger partial charge in [0.1, 0.15) is 5.82 Å². The number of halogens is 1. The number of anilines is 1. The van der Waals surface area contributed by atoms with Gasteiger partial charge in [0.25, 0.3) is 5.91 Å². The van der Waals surface area contributed by atoms with Crippen molar-refractivity contribution in [1.82, 2.24) is 29.8 Å². The van der Waals surface area contributed by atoms with Crippen LogP contribution in [-0.2, 0) is 4.79 Å². The molecule has 0 bridgehead atoms. The van der Waals surface area contributed by atoms with Gasteiger partial charge in [-0.05, 0) is 60.8 Å². The van der Waals surface area contributed by atoms with Gasteiger partial charge in [-0.3, -0.25) is 9.78 Å². The number of nitrogens with two attached hydrogens (primary N) is 1. The van der Waals surface area contributed by atoms with Crippen LogP contribution in [0.3, 0.4) is 0 Å². The number of likely N-dealkylation sites (N-methyl/N-ethyl adjacent to an activating group) is 1. The normalized spacial score (nSPS) is 16.1. The molecule has 0 saturated heterocycles. The third-order valence-corrected chi connectivity index (χ3v) is 8.17. The number of nitrogens with one attached hydrogen (secondary N) is 1. The molecule has 1 saturated carbocycles. The second kappa shape index (κ2) is 10.2. The summed E-state index contributed by atoms with van der Waals surface area (Å²) in [4.78, 5) is 23.3. The van der Waals surface area contributed by atoms with Crippen molar-refractivity contribution < 1.29 is 15.0 Å². The number of hydrogen-bond acceptors (Lipinski definition) is 8. The van der Waals surface area contributed by atoms with Crippen LogP contribution in [0.4, 0.5) is 5.82 Å². The van der Waals surface area contributed by atoms with E-state index < -0.39 is 18.6 Å². The average Bonchev–Trinajstić information content (AvgIpc) is 3.54. The highest BCUT2D eigenvalue weighted by atomic mass is 79.9. The molecule has 11 heteroatoms. The lowest BCUT2D eigenvalue weighted by Crippen LogP contribution is -2.43. The van der Waals surface area contributed by atoms with Crippen LogP contribution < -0.4 is 11.1 Å². The largest absolute Gasteiger partial charge is 0.393 e. The van der Waals surface area contributed by atoms with Gasteiger partial charge in [-0.2, -0.15) is 9.61 Å². The molecule has 3 aromatic heterocycles.